The zero-order chi connectivity index (χ0) is 14.5. The largest absolute Gasteiger partial charge is 0.347 e. The molecule has 2 rings (SSSR count). The van der Waals surface area contributed by atoms with Crippen molar-refractivity contribution in [3.63, 3.8) is 0 Å². The molecule has 0 saturated heterocycles. The summed E-state index contributed by atoms with van der Waals surface area (Å²) in [6.07, 6.45) is 1.83. The van der Waals surface area contributed by atoms with E-state index in [2.05, 4.69) is 17.2 Å². The second kappa shape index (κ2) is 6.09. The Kier molecular flexibility index (Phi) is 4.24. The summed E-state index contributed by atoms with van der Waals surface area (Å²) in [5.41, 5.74) is 8.53. The molecule has 1 amide bonds. The number of rotatable bonds is 2. The highest BCUT2D eigenvalue weighted by Gasteiger charge is 2.11. The van der Waals surface area contributed by atoms with Gasteiger partial charge in [0.2, 0.25) is 0 Å². The first kappa shape index (κ1) is 13.9. The van der Waals surface area contributed by atoms with Gasteiger partial charge in [-0.2, -0.15) is 0 Å². The van der Waals surface area contributed by atoms with Crippen LogP contribution in [0.3, 0.4) is 0 Å². The summed E-state index contributed by atoms with van der Waals surface area (Å²) in [6.45, 7) is 2.26. The molecule has 1 aromatic carbocycles. The Bertz CT molecular complexity index is 689. The molecule has 4 heteroatoms. The van der Waals surface area contributed by atoms with Crippen LogP contribution in [0.4, 0.5) is 5.69 Å². The number of carbonyl (C=O) groups excluding carboxylic acids is 1. The highest BCUT2D eigenvalue weighted by Crippen LogP contribution is 2.17. The van der Waals surface area contributed by atoms with Gasteiger partial charge in [-0.1, -0.05) is 17.9 Å². The van der Waals surface area contributed by atoms with Gasteiger partial charge in [0.25, 0.3) is 5.91 Å². The molecule has 0 saturated carbocycles. The molecule has 0 bridgehead atoms. The summed E-state index contributed by atoms with van der Waals surface area (Å²) in [7, 11) is 1.83. The molecular formula is C16H17N3O. The minimum atomic E-state index is -0.154. The van der Waals surface area contributed by atoms with E-state index < -0.39 is 0 Å². The summed E-state index contributed by atoms with van der Waals surface area (Å²) in [5.74, 6) is 5.62. The van der Waals surface area contributed by atoms with E-state index in [0.717, 1.165) is 11.1 Å². The number of nitrogens with two attached hydrogens (primary N) is 1. The topological polar surface area (TPSA) is 60.0 Å². The number of nitrogens with one attached hydrogen (secondary N) is 1. The van der Waals surface area contributed by atoms with Gasteiger partial charge < -0.3 is 15.6 Å². The van der Waals surface area contributed by atoms with Gasteiger partial charge in [0.15, 0.2) is 0 Å². The Balaban J connectivity index is 2.31. The summed E-state index contributed by atoms with van der Waals surface area (Å²) in [4.78, 5) is 12.2. The monoisotopic (exact) mass is 267 g/mol. The van der Waals surface area contributed by atoms with E-state index >= 15 is 0 Å². The lowest BCUT2D eigenvalue weighted by Gasteiger charge is -2.09. The maximum Gasteiger partial charge on any atom is 0.272 e. The quantitative estimate of drug-likeness (QED) is 0.816. The molecule has 4 nitrogen and oxygen atoms in total. The smallest absolute Gasteiger partial charge is 0.272 e. The SMILES string of the molecule is Cc1ccc(C#CCN)c(NC(=O)c2cccn2C)c1. The van der Waals surface area contributed by atoms with Crippen LogP contribution in [0.15, 0.2) is 36.5 Å². The molecule has 2 aromatic rings. The van der Waals surface area contributed by atoms with Crippen LogP contribution >= 0.6 is 0 Å². The fourth-order valence-corrected chi connectivity index (χ4v) is 1.90. The third-order valence-corrected chi connectivity index (χ3v) is 2.92. The number of anilines is 1. The third-order valence-electron chi connectivity index (χ3n) is 2.92. The molecule has 0 aliphatic rings. The second-order valence-electron chi connectivity index (χ2n) is 4.51. The van der Waals surface area contributed by atoms with E-state index in [1.54, 1.807) is 10.6 Å². The van der Waals surface area contributed by atoms with Gasteiger partial charge in [-0.3, -0.25) is 4.79 Å². The van der Waals surface area contributed by atoms with Crippen molar-refractivity contribution in [3.8, 4) is 11.8 Å². The van der Waals surface area contributed by atoms with Crippen LogP contribution in [0.1, 0.15) is 21.6 Å². The minimum Gasteiger partial charge on any atom is -0.347 e. The molecule has 0 radical (unpaired) electrons. The molecule has 0 unspecified atom stereocenters. The lowest BCUT2D eigenvalue weighted by atomic mass is 10.1. The van der Waals surface area contributed by atoms with Crippen LogP contribution in [0, 0.1) is 18.8 Å². The van der Waals surface area contributed by atoms with Gasteiger partial charge >= 0.3 is 0 Å². The van der Waals surface area contributed by atoms with Crippen LogP contribution in [-0.4, -0.2) is 17.0 Å². The van der Waals surface area contributed by atoms with Crippen LogP contribution in [0.25, 0.3) is 0 Å². The van der Waals surface area contributed by atoms with Gasteiger partial charge in [0.05, 0.1) is 12.2 Å². The molecule has 3 N–H and O–H groups in total. The van der Waals surface area contributed by atoms with Crippen molar-refractivity contribution in [3.05, 3.63) is 53.3 Å². The molecule has 0 aliphatic heterocycles. The Morgan fingerprint density at radius 1 is 1.40 bits per heavy atom. The van der Waals surface area contributed by atoms with Crippen molar-refractivity contribution in [2.75, 3.05) is 11.9 Å². The predicted molar refractivity (Wildman–Crippen MR) is 80.5 cm³/mol. The molecule has 0 spiro atoms. The van der Waals surface area contributed by atoms with Crippen LogP contribution in [-0.2, 0) is 7.05 Å². The normalized spacial score (nSPS) is 9.75. The van der Waals surface area contributed by atoms with Crippen molar-refractivity contribution in [2.24, 2.45) is 12.8 Å². The lowest BCUT2D eigenvalue weighted by molar-refractivity contribution is 0.101. The zero-order valence-corrected chi connectivity index (χ0v) is 11.6. The fourth-order valence-electron chi connectivity index (χ4n) is 1.90. The minimum absolute atomic E-state index is 0.154. The summed E-state index contributed by atoms with van der Waals surface area (Å²) in [6, 6.07) is 9.36. The summed E-state index contributed by atoms with van der Waals surface area (Å²) >= 11 is 0. The van der Waals surface area contributed by atoms with E-state index in [4.69, 9.17) is 5.73 Å². The maximum absolute atomic E-state index is 12.2. The Labute approximate surface area is 118 Å². The van der Waals surface area contributed by atoms with E-state index in [1.807, 2.05) is 44.4 Å². The Hall–Kier alpha value is -2.51. The molecule has 1 heterocycles. The van der Waals surface area contributed by atoms with Gasteiger partial charge in [-0.15, -0.1) is 0 Å². The number of nitrogens with zero attached hydrogens (tertiary/aromatic N) is 1. The highest BCUT2D eigenvalue weighted by atomic mass is 16.1. The fraction of sp³-hybridized carbons (Fsp3) is 0.188. The van der Waals surface area contributed by atoms with E-state index in [-0.39, 0.29) is 5.91 Å². The number of amides is 1. The van der Waals surface area contributed by atoms with Crippen molar-refractivity contribution in [1.82, 2.24) is 4.57 Å². The molecule has 0 fully saturated rings. The average Bonchev–Trinajstić information content (AvgIpc) is 2.84. The molecule has 20 heavy (non-hydrogen) atoms. The van der Waals surface area contributed by atoms with Crippen LogP contribution in [0.2, 0.25) is 0 Å². The zero-order valence-electron chi connectivity index (χ0n) is 11.6. The Morgan fingerprint density at radius 2 is 2.20 bits per heavy atom. The van der Waals surface area contributed by atoms with Gasteiger partial charge in [-0.05, 0) is 36.8 Å². The molecule has 0 aliphatic carbocycles. The standard InChI is InChI=1S/C16H17N3O/c1-12-7-8-13(5-3-9-17)14(11-12)18-16(20)15-6-4-10-19(15)2/h4,6-8,10-11H,9,17H2,1-2H3,(H,18,20). The summed E-state index contributed by atoms with van der Waals surface area (Å²) in [5, 5.41) is 2.90. The number of aromatic nitrogens is 1. The van der Waals surface area contributed by atoms with Gasteiger partial charge in [0.1, 0.15) is 5.69 Å². The van der Waals surface area contributed by atoms with Crippen molar-refractivity contribution >= 4 is 11.6 Å². The molecular weight excluding hydrogens is 250 g/mol. The first-order valence-electron chi connectivity index (χ1n) is 6.34. The van der Waals surface area contributed by atoms with E-state index in [0.29, 0.717) is 17.9 Å². The Morgan fingerprint density at radius 3 is 2.85 bits per heavy atom. The van der Waals surface area contributed by atoms with Crippen molar-refractivity contribution in [2.45, 2.75) is 6.92 Å². The number of benzene rings is 1. The second-order valence-corrected chi connectivity index (χ2v) is 4.51. The molecule has 102 valence electrons. The van der Waals surface area contributed by atoms with Crippen molar-refractivity contribution in [1.29, 1.82) is 0 Å². The van der Waals surface area contributed by atoms with Gasteiger partial charge in [-0.25, -0.2) is 0 Å². The first-order valence-corrected chi connectivity index (χ1v) is 6.34. The number of hydrogen-bond donors (Lipinski definition) is 2. The number of hydrogen-bond acceptors (Lipinski definition) is 2. The predicted octanol–water partition coefficient (Wildman–Crippen LogP) is 1.90. The number of aryl methyl sites for hydroxylation is 2. The maximum atomic E-state index is 12.2. The molecule has 1 aromatic heterocycles. The lowest BCUT2D eigenvalue weighted by Crippen LogP contribution is -2.16. The summed E-state index contributed by atoms with van der Waals surface area (Å²) < 4.78 is 1.77. The third kappa shape index (κ3) is 3.08. The van der Waals surface area contributed by atoms with E-state index in [1.165, 1.54) is 0 Å². The van der Waals surface area contributed by atoms with E-state index in [9.17, 15) is 4.79 Å². The average molecular weight is 267 g/mol. The van der Waals surface area contributed by atoms with Crippen LogP contribution in [0.5, 0.6) is 0 Å². The highest BCUT2D eigenvalue weighted by molar-refractivity contribution is 6.04. The van der Waals surface area contributed by atoms with Crippen LogP contribution < -0.4 is 11.1 Å². The first-order chi connectivity index (χ1) is 9.61. The number of carbonyl (C=O) groups is 1. The molecule has 0 atom stereocenters. The van der Waals surface area contributed by atoms with Gasteiger partial charge in [0, 0.05) is 18.8 Å². The van der Waals surface area contributed by atoms with Crippen molar-refractivity contribution < 1.29 is 4.79 Å².